The number of hydrogen-bond acceptors (Lipinski definition) is 8. The van der Waals surface area contributed by atoms with Gasteiger partial charge in [-0.25, -0.2) is 9.97 Å². The van der Waals surface area contributed by atoms with Crippen LogP contribution in [0.5, 0.6) is 0 Å². The van der Waals surface area contributed by atoms with Crippen LogP contribution < -0.4 is 5.56 Å². The molecule has 10 nitrogen and oxygen atoms in total. The van der Waals surface area contributed by atoms with Gasteiger partial charge in [-0.05, 0) is 0 Å². The molecular formula is C13H18N4O6. The van der Waals surface area contributed by atoms with Gasteiger partial charge in [-0.15, -0.1) is 0 Å². The van der Waals surface area contributed by atoms with E-state index in [1.54, 1.807) is 7.11 Å². The lowest BCUT2D eigenvalue weighted by atomic mass is 10.1. The summed E-state index contributed by atoms with van der Waals surface area (Å²) >= 11 is 0. The Morgan fingerprint density at radius 3 is 3.00 bits per heavy atom. The van der Waals surface area contributed by atoms with Crippen LogP contribution in [0.4, 0.5) is 0 Å². The molecule has 2 aromatic heterocycles. The van der Waals surface area contributed by atoms with Crippen LogP contribution in [0.25, 0.3) is 11.2 Å². The summed E-state index contributed by atoms with van der Waals surface area (Å²) in [7, 11) is 1.54. The number of fused-ring (bicyclic) bond motifs is 1. The number of hydrogen-bond donors (Lipinski definition) is 3. The Morgan fingerprint density at radius 2 is 2.26 bits per heavy atom. The minimum Gasteiger partial charge on any atom is -0.394 e. The molecule has 1 aliphatic rings. The summed E-state index contributed by atoms with van der Waals surface area (Å²) < 4.78 is 17.7. The topological polar surface area (TPSA) is 132 Å². The molecule has 10 heteroatoms. The third-order valence-electron chi connectivity index (χ3n) is 3.73. The zero-order valence-electron chi connectivity index (χ0n) is 12.5. The fourth-order valence-corrected chi connectivity index (χ4v) is 2.59. The normalized spacial score (nSPS) is 27.8. The fourth-order valence-electron chi connectivity index (χ4n) is 2.59. The fraction of sp³-hybridized carbons (Fsp3) is 0.615. The number of aliphatic hydroxyl groups excluding tert-OH is 2. The number of H-pyrrole nitrogens is 1. The van der Waals surface area contributed by atoms with Gasteiger partial charge in [-0.3, -0.25) is 9.36 Å². The highest BCUT2D eigenvalue weighted by Crippen LogP contribution is 2.32. The van der Waals surface area contributed by atoms with Gasteiger partial charge in [0, 0.05) is 7.11 Å². The number of aromatic amines is 1. The molecule has 0 aliphatic carbocycles. The SMILES string of the molecule is COCCOC1C(O)[C@@H](CO)O[C@H]1n1cnc2c(=O)[nH]cnc21. The van der Waals surface area contributed by atoms with Gasteiger partial charge in [0.1, 0.15) is 18.3 Å². The van der Waals surface area contributed by atoms with Gasteiger partial charge in [0.2, 0.25) is 0 Å². The van der Waals surface area contributed by atoms with Crippen LogP contribution in [0.15, 0.2) is 17.4 Å². The van der Waals surface area contributed by atoms with Crippen molar-refractivity contribution in [2.75, 3.05) is 26.9 Å². The monoisotopic (exact) mass is 326 g/mol. The molecule has 3 N–H and O–H groups in total. The molecule has 1 saturated heterocycles. The van der Waals surface area contributed by atoms with Crippen molar-refractivity contribution in [3.63, 3.8) is 0 Å². The Morgan fingerprint density at radius 1 is 1.43 bits per heavy atom. The van der Waals surface area contributed by atoms with Crippen molar-refractivity contribution < 1.29 is 24.4 Å². The lowest BCUT2D eigenvalue weighted by Crippen LogP contribution is -2.36. The first-order valence-electron chi connectivity index (χ1n) is 7.12. The van der Waals surface area contributed by atoms with Crippen molar-refractivity contribution in [3.8, 4) is 0 Å². The first-order chi connectivity index (χ1) is 11.2. The van der Waals surface area contributed by atoms with Crippen molar-refractivity contribution in [1.29, 1.82) is 0 Å². The molecule has 0 aromatic carbocycles. The first-order valence-corrected chi connectivity index (χ1v) is 7.12. The molecule has 1 aliphatic heterocycles. The van der Waals surface area contributed by atoms with E-state index in [2.05, 4.69) is 15.0 Å². The molecule has 0 spiro atoms. The second-order valence-corrected chi connectivity index (χ2v) is 5.12. The third kappa shape index (κ3) is 2.86. The van der Waals surface area contributed by atoms with Gasteiger partial charge >= 0.3 is 0 Å². The lowest BCUT2D eigenvalue weighted by Gasteiger charge is -2.21. The van der Waals surface area contributed by atoms with Gasteiger partial charge in [0.15, 0.2) is 17.4 Å². The van der Waals surface area contributed by atoms with Crippen molar-refractivity contribution in [2.45, 2.75) is 24.5 Å². The van der Waals surface area contributed by atoms with Crippen LogP contribution in [-0.2, 0) is 14.2 Å². The minimum absolute atomic E-state index is 0.161. The minimum atomic E-state index is -1.03. The van der Waals surface area contributed by atoms with E-state index in [4.69, 9.17) is 14.2 Å². The van der Waals surface area contributed by atoms with Gasteiger partial charge in [-0.1, -0.05) is 0 Å². The Labute approximate surface area is 130 Å². The number of nitrogens with zero attached hydrogens (tertiary/aromatic N) is 3. The lowest BCUT2D eigenvalue weighted by molar-refractivity contribution is -0.0785. The third-order valence-corrected chi connectivity index (χ3v) is 3.73. The number of aromatic nitrogens is 4. The van der Waals surface area contributed by atoms with E-state index in [1.165, 1.54) is 17.2 Å². The van der Waals surface area contributed by atoms with Crippen molar-refractivity contribution in [1.82, 2.24) is 19.5 Å². The summed E-state index contributed by atoms with van der Waals surface area (Å²) in [5.74, 6) is 0. The molecule has 2 unspecified atom stereocenters. The summed E-state index contributed by atoms with van der Waals surface area (Å²) in [6, 6.07) is 0. The van der Waals surface area contributed by atoms with E-state index in [1.807, 2.05) is 0 Å². The van der Waals surface area contributed by atoms with E-state index >= 15 is 0 Å². The Balaban J connectivity index is 1.94. The first kappa shape index (κ1) is 16.0. The number of imidazole rings is 1. The van der Waals surface area contributed by atoms with E-state index in [9.17, 15) is 15.0 Å². The largest absolute Gasteiger partial charge is 0.394 e. The van der Waals surface area contributed by atoms with Crippen molar-refractivity contribution in [2.24, 2.45) is 0 Å². The zero-order valence-corrected chi connectivity index (χ0v) is 12.5. The maximum Gasteiger partial charge on any atom is 0.278 e. The van der Waals surface area contributed by atoms with Crippen molar-refractivity contribution in [3.05, 3.63) is 23.0 Å². The second-order valence-electron chi connectivity index (χ2n) is 5.12. The molecular weight excluding hydrogens is 308 g/mol. The molecule has 4 atom stereocenters. The van der Waals surface area contributed by atoms with Crippen LogP contribution in [0, 0.1) is 0 Å². The van der Waals surface area contributed by atoms with Gasteiger partial charge < -0.3 is 29.4 Å². The predicted octanol–water partition coefficient (Wildman–Crippen LogP) is -1.60. The predicted molar refractivity (Wildman–Crippen MR) is 76.8 cm³/mol. The second kappa shape index (κ2) is 6.72. The van der Waals surface area contributed by atoms with Crippen LogP contribution >= 0.6 is 0 Å². The molecule has 0 radical (unpaired) electrons. The quantitative estimate of drug-likeness (QED) is 0.541. The molecule has 0 amide bonds. The van der Waals surface area contributed by atoms with Crippen LogP contribution in [-0.4, -0.2) is 75.0 Å². The average Bonchev–Trinajstić information content (AvgIpc) is 3.10. The number of nitrogens with one attached hydrogen (secondary N) is 1. The number of methoxy groups -OCH3 is 1. The smallest absolute Gasteiger partial charge is 0.278 e. The molecule has 126 valence electrons. The van der Waals surface area contributed by atoms with Crippen LogP contribution in [0.2, 0.25) is 0 Å². The van der Waals surface area contributed by atoms with Gasteiger partial charge in [-0.2, -0.15) is 0 Å². The van der Waals surface area contributed by atoms with Crippen LogP contribution in [0.3, 0.4) is 0 Å². The van der Waals surface area contributed by atoms with Crippen molar-refractivity contribution >= 4 is 11.2 Å². The zero-order chi connectivity index (χ0) is 16.4. The molecule has 3 heterocycles. The highest BCUT2D eigenvalue weighted by Gasteiger charge is 2.45. The maximum absolute atomic E-state index is 11.7. The average molecular weight is 326 g/mol. The van der Waals surface area contributed by atoms with Gasteiger partial charge in [0.05, 0.1) is 32.5 Å². The summed E-state index contributed by atoms with van der Waals surface area (Å²) in [5.41, 5.74) is 0.0985. The van der Waals surface area contributed by atoms with E-state index in [0.29, 0.717) is 12.3 Å². The highest BCUT2D eigenvalue weighted by molar-refractivity contribution is 5.68. The van der Waals surface area contributed by atoms with Crippen LogP contribution in [0.1, 0.15) is 6.23 Å². The maximum atomic E-state index is 11.7. The molecule has 1 fully saturated rings. The van der Waals surface area contributed by atoms with E-state index < -0.39 is 24.5 Å². The van der Waals surface area contributed by atoms with E-state index in [-0.39, 0.29) is 24.3 Å². The summed E-state index contributed by atoms with van der Waals surface area (Å²) in [6.07, 6.45) is -0.678. The Bertz CT molecular complexity index is 716. The molecule has 0 bridgehead atoms. The summed E-state index contributed by atoms with van der Waals surface area (Å²) in [4.78, 5) is 22.3. The number of ether oxygens (including phenoxy) is 3. The number of rotatable bonds is 6. The molecule has 23 heavy (non-hydrogen) atoms. The standard InChI is InChI=1S/C13H18N4O6/c1-21-2-3-22-10-9(19)7(4-18)23-13(10)17-6-16-8-11(17)14-5-15-12(8)20/h5-7,9-10,13,18-19H,2-4H2,1H3,(H,14,15,20)/t7-,9?,10?,13-/m1/s1. The summed E-state index contributed by atoms with van der Waals surface area (Å²) in [5, 5.41) is 19.6. The molecule has 0 saturated carbocycles. The number of aliphatic hydroxyl groups is 2. The van der Waals surface area contributed by atoms with E-state index in [0.717, 1.165) is 0 Å². The summed E-state index contributed by atoms with van der Waals surface area (Å²) in [6.45, 7) is 0.238. The highest BCUT2D eigenvalue weighted by atomic mass is 16.6. The molecule has 3 rings (SSSR count). The Kier molecular flexibility index (Phi) is 4.68. The van der Waals surface area contributed by atoms with Gasteiger partial charge in [0.25, 0.3) is 5.56 Å². The molecule has 2 aromatic rings. The Hall–Kier alpha value is -1.85.